The minimum atomic E-state index is 0.0824. The number of phenolic OH excluding ortho intramolecular Hbond substituents is 1. The number of carbonyl (C=O) groups is 1. The number of nitrogens with one attached hydrogen (secondary N) is 2. The molecule has 146 valence electrons. The molecule has 8 heteroatoms. The smallest absolute Gasteiger partial charge is 0.173 e. The first-order valence-corrected chi connectivity index (χ1v) is 9.93. The third-order valence-corrected chi connectivity index (χ3v) is 5.43. The van der Waals surface area contributed by atoms with Gasteiger partial charge in [-0.15, -0.1) is 0 Å². The highest BCUT2D eigenvalue weighted by atomic mass is 32.2. The van der Waals surface area contributed by atoms with Gasteiger partial charge in [-0.3, -0.25) is 5.41 Å². The number of aromatic amines is 1. The van der Waals surface area contributed by atoms with E-state index in [1.54, 1.807) is 18.5 Å². The highest BCUT2D eigenvalue weighted by molar-refractivity contribution is 7.99. The molecule has 0 aliphatic carbocycles. The number of H-pyrrole nitrogens is 1. The third kappa shape index (κ3) is 4.22. The maximum atomic E-state index is 10.7. The molecule has 4 aromatic rings. The molecule has 2 aromatic carbocycles. The Hall–Kier alpha value is -3.39. The van der Waals surface area contributed by atoms with Crippen LogP contribution in [0.5, 0.6) is 5.75 Å². The predicted octanol–water partition coefficient (Wildman–Crippen LogP) is 3.08. The van der Waals surface area contributed by atoms with Crippen molar-refractivity contribution in [2.24, 2.45) is 0 Å². The Morgan fingerprint density at radius 1 is 1.21 bits per heavy atom. The van der Waals surface area contributed by atoms with Gasteiger partial charge >= 0.3 is 0 Å². The number of aldehydes is 1. The van der Waals surface area contributed by atoms with Crippen molar-refractivity contribution in [3.8, 4) is 5.75 Å². The lowest BCUT2D eigenvalue weighted by atomic mass is 10.1. The van der Waals surface area contributed by atoms with Gasteiger partial charge in [0.05, 0.1) is 6.33 Å². The topological polar surface area (TPSA) is 108 Å². The molecular formula is C21H19N5O2S. The summed E-state index contributed by atoms with van der Waals surface area (Å²) >= 11 is 1.35. The van der Waals surface area contributed by atoms with Crippen LogP contribution >= 0.6 is 11.8 Å². The first kappa shape index (κ1) is 18.9. The number of hydrogen-bond donors (Lipinski definition) is 3. The van der Waals surface area contributed by atoms with Gasteiger partial charge in [0, 0.05) is 23.4 Å². The van der Waals surface area contributed by atoms with Crippen LogP contribution in [0.3, 0.4) is 0 Å². The standard InChI is InChI=1S/C21H19N5O2S/c22-19-18-20(26(13-23-19)10-8-14-4-2-1-3-5-14)25-21(24-18)29-16-7-6-15(9-11-27)17(28)12-16/h1-7,11-13,22,28H,8-10H2,(H,24,25). The maximum Gasteiger partial charge on any atom is 0.173 e. The Morgan fingerprint density at radius 3 is 2.79 bits per heavy atom. The molecule has 0 unspecified atom stereocenters. The number of aryl methyl sites for hydroxylation is 2. The third-order valence-electron chi connectivity index (χ3n) is 4.56. The SMILES string of the molecule is N=c1ncn(CCc2ccccc2)c2nc(Sc3ccc(CC=O)c(O)c3)[nH]c12. The molecule has 0 fully saturated rings. The lowest BCUT2D eigenvalue weighted by molar-refractivity contribution is -0.107. The number of nitrogens with zero attached hydrogens (tertiary/aromatic N) is 3. The van der Waals surface area contributed by atoms with Gasteiger partial charge in [-0.2, -0.15) is 0 Å². The molecule has 2 heterocycles. The van der Waals surface area contributed by atoms with Crippen molar-refractivity contribution in [1.29, 1.82) is 5.41 Å². The molecule has 2 aromatic heterocycles. The molecule has 0 bridgehead atoms. The Balaban J connectivity index is 1.60. The highest BCUT2D eigenvalue weighted by Crippen LogP contribution is 2.30. The summed E-state index contributed by atoms with van der Waals surface area (Å²) in [5, 5.41) is 18.7. The van der Waals surface area contributed by atoms with Crippen LogP contribution in [0.1, 0.15) is 11.1 Å². The van der Waals surface area contributed by atoms with Crippen LogP contribution in [0.2, 0.25) is 0 Å². The lowest BCUT2D eigenvalue weighted by Crippen LogP contribution is -2.13. The van der Waals surface area contributed by atoms with Gasteiger partial charge in [0.2, 0.25) is 0 Å². The molecule has 0 spiro atoms. The van der Waals surface area contributed by atoms with Crippen LogP contribution in [-0.2, 0) is 24.2 Å². The zero-order valence-corrected chi connectivity index (χ0v) is 16.3. The molecule has 0 aliphatic heterocycles. The van der Waals surface area contributed by atoms with E-state index in [9.17, 15) is 9.90 Å². The van der Waals surface area contributed by atoms with Crippen LogP contribution in [0, 0.1) is 5.41 Å². The summed E-state index contributed by atoms with van der Waals surface area (Å²) in [5.41, 5.74) is 3.19. The van der Waals surface area contributed by atoms with Crippen molar-refractivity contribution < 1.29 is 9.90 Å². The van der Waals surface area contributed by atoms with Gasteiger partial charge in [-0.25, -0.2) is 9.97 Å². The van der Waals surface area contributed by atoms with Crippen molar-refractivity contribution in [2.45, 2.75) is 29.4 Å². The summed E-state index contributed by atoms with van der Waals surface area (Å²) in [6.07, 6.45) is 3.42. The first-order chi connectivity index (χ1) is 14.1. The molecule has 7 nitrogen and oxygen atoms in total. The first-order valence-electron chi connectivity index (χ1n) is 9.11. The summed E-state index contributed by atoms with van der Waals surface area (Å²) in [5.74, 6) is 0.0824. The van der Waals surface area contributed by atoms with Crippen molar-refractivity contribution in [2.75, 3.05) is 0 Å². The Bertz CT molecular complexity index is 1220. The summed E-state index contributed by atoms with van der Waals surface area (Å²) < 4.78 is 1.94. The zero-order valence-electron chi connectivity index (χ0n) is 15.5. The van der Waals surface area contributed by atoms with E-state index >= 15 is 0 Å². The Labute approximate surface area is 171 Å². The predicted molar refractivity (Wildman–Crippen MR) is 110 cm³/mol. The molecule has 0 atom stereocenters. The molecular weight excluding hydrogens is 386 g/mol. The average Bonchev–Trinajstić information content (AvgIpc) is 3.15. The number of fused-ring (bicyclic) bond motifs is 1. The number of carbonyl (C=O) groups excluding carboxylic acids is 1. The molecule has 29 heavy (non-hydrogen) atoms. The number of imidazole rings is 1. The normalized spacial score (nSPS) is 11.0. The molecule has 0 aliphatic rings. The lowest BCUT2D eigenvalue weighted by Gasteiger charge is -2.06. The average molecular weight is 405 g/mol. The summed E-state index contributed by atoms with van der Waals surface area (Å²) in [4.78, 5) is 23.4. The Morgan fingerprint density at radius 2 is 2.03 bits per heavy atom. The van der Waals surface area contributed by atoms with E-state index in [1.165, 1.54) is 17.3 Å². The maximum absolute atomic E-state index is 10.7. The summed E-state index contributed by atoms with van der Waals surface area (Å²) in [6.45, 7) is 0.698. The van der Waals surface area contributed by atoms with Gasteiger partial charge in [0.1, 0.15) is 17.6 Å². The largest absolute Gasteiger partial charge is 0.508 e. The van der Waals surface area contributed by atoms with Crippen LogP contribution < -0.4 is 5.49 Å². The number of benzene rings is 2. The van der Waals surface area contributed by atoms with Crippen LogP contribution in [0.25, 0.3) is 11.2 Å². The van der Waals surface area contributed by atoms with Crippen LogP contribution in [0.4, 0.5) is 0 Å². The van der Waals surface area contributed by atoms with Gasteiger partial charge in [0.15, 0.2) is 16.3 Å². The molecule has 0 saturated heterocycles. The van der Waals surface area contributed by atoms with Gasteiger partial charge in [0.25, 0.3) is 0 Å². The second-order valence-corrected chi connectivity index (χ2v) is 7.59. The van der Waals surface area contributed by atoms with Crippen LogP contribution in [0.15, 0.2) is 64.9 Å². The molecule has 0 radical (unpaired) electrons. The molecule has 4 rings (SSSR count). The van der Waals surface area contributed by atoms with Gasteiger partial charge < -0.3 is 19.5 Å². The fraction of sp³-hybridized carbons (Fsp3) is 0.143. The monoisotopic (exact) mass is 405 g/mol. The number of aromatic nitrogens is 4. The van der Waals surface area contributed by atoms with Gasteiger partial charge in [-0.1, -0.05) is 48.2 Å². The van der Waals surface area contributed by atoms with E-state index < -0.39 is 0 Å². The minimum absolute atomic E-state index is 0.0824. The fourth-order valence-electron chi connectivity index (χ4n) is 3.05. The zero-order chi connectivity index (χ0) is 20.2. The summed E-state index contributed by atoms with van der Waals surface area (Å²) in [7, 11) is 0. The number of hydrogen-bond acceptors (Lipinski definition) is 6. The number of phenols is 1. The van der Waals surface area contributed by atoms with Crippen molar-refractivity contribution >= 4 is 29.2 Å². The van der Waals surface area contributed by atoms with Crippen molar-refractivity contribution in [1.82, 2.24) is 19.5 Å². The van der Waals surface area contributed by atoms with E-state index in [0.717, 1.165) is 17.6 Å². The van der Waals surface area contributed by atoms with E-state index in [1.807, 2.05) is 28.8 Å². The fourth-order valence-corrected chi connectivity index (χ4v) is 3.86. The highest BCUT2D eigenvalue weighted by Gasteiger charge is 2.11. The second kappa shape index (κ2) is 8.32. The quantitative estimate of drug-likeness (QED) is 0.410. The van der Waals surface area contributed by atoms with E-state index in [4.69, 9.17) is 5.41 Å². The van der Waals surface area contributed by atoms with E-state index in [2.05, 4.69) is 27.1 Å². The van der Waals surface area contributed by atoms with E-state index in [0.29, 0.717) is 28.4 Å². The van der Waals surface area contributed by atoms with Crippen LogP contribution in [-0.4, -0.2) is 30.9 Å². The Kier molecular flexibility index (Phi) is 5.44. The molecule has 0 saturated carbocycles. The minimum Gasteiger partial charge on any atom is -0.508 e. The van der Waals surface area contributed by atoms with Gasteiger partial charge in [-0.05, 0) is 24.1 Å². The molecule has 0 amide bonds. The van der Waals surface area contributed by atoms with Crippen molar-refractivity contribution in [3.63, 3.8) is 0 Å². The van der Waals surface area contributed by atoms with E-state index in [-0.39, 0.29) is 17.7 Å². The second-order valence-electron chi connectivity index (χ2n) is 6.53. The summed E-state index contributed by atoms with van der Waals surface area (Å²) in [6, 6.07) is 15.4. The molecule has 3 N–H and O–H groups in total. The number of aromatic hydroxyl groups is 1. The number of rotatable bonds is 7. The van der Waals surface area contributed by atoms with Crippen molar-refractivity contribution in [3.05, 3.63) is 71.5 Å².